The maximum absolute atomic E-state index is 12.5. The Hall–Kier alpha value is -1.23. The van der Waals surface area contributed by atoms with Gasteiger partial charge >= 0.3 is 0 Å². The maximum Gasteiger partial charge on any atom is 0.272 e. The van der Waals surface area contributed by atoms with E-state index in [1.165, 1.54) is 10.6 Å². The van der Waals surface area contributed by atoms with Gasteiger partial charge in [0.15, 0.2) is 0 Å². The molecule has 0 radical (unpaired) electrons. The van der Waals surface area contributed by atoms with E-state index in [9.17, 15) is 13.6 Å². The number of likely N-dealkylation sites (tertiary alicyclic amines) is 1. The van der Waals surface area contributed by atoms with Crippen LogP contribution in [0.4, 0.5) is 8.78 Å². The van der Waals surface area contributed by atoms with Gasteiger partial charge in [-0.3, -0.25) is 9.69 Å². The van der Waals surface area contributed by atoms with Crippen LogP contribution in [0.15, 0.2) is 23.1 Å². The minimum absolute atomic E-state index is 0.111. The molecule has 5 heteroatoms. The summed E-state index contributed by atoms with van der Waals surface area (Å²) in [7, 11) is 1.66. The van der Waals surface area contributed by atoms with E-state index < -0.39 is 5.92 Å². The van der Waals surface area contributed by atoms with Crippen LogP contribution in [0.25, 0.3) is 0 Å². The fourth-order valence-electron chi connectivity index (χ4n) is 1.67. The van der Waals surface area contributed by atoms with Gasteiger partial charge in [0.05, 0.1) is 13.1 Å². The molecule has 1 aliphatic rings. The zero-order valence-corrected chi connectivity index (χ0v) is 8.41. The molecule has 0 N–H and O–H groups in total. The van der Waals surface area contributed by atoms with Gasteiger partial charge in [0.25, 0.3) is 11.5 Å². The van der Waals surface area contributed by atoms with E-state index in [-0.39, 0.29) is 18.6 Å². The highest BCUT2D eigenvalue weighted by Crippen LogP contribution is 2.27. The molecule has 0 aromatic carbocycles. The Labute approximate surface area is 85.9 Å². The molecule has 82 valence electrons. The molecule has 3 nitrogen and oxygen atoms in total. The molecule has 0 bridgehead atoms. The normalized spacial score (nSPS) is 19.9. The first-order valence-electron chi connectivity index (χ1n) is 4.72. The first-order valence-corrected chi connectivity index (χ1v) is 4.72. The zero-order valence-electron chi connectivity index (χ0n) is 8.41. The van der Waals surface area contributed by atoms with Crippen LogP contribution in [-0.2, 0) is 13.6 Å². The summed E-state index contributed by atoms with van der Waals surface area (Å²) < 4.78 is 26.5. The Bertz CT molecular complexity index is 420. The van der Waals surface area contributed by atoms with E-state index in [0.717, 1.165) is 5.56 Å². The molecule has 1 aliphatic heterocycles. The standard InChI is InChI=1S/C10H12F2N2O/c1-13-3-2-8(4-9(13)15)5-14-6-10(11,12)7-14/h2-4H,5-7H2,1H3. The predicted octanol–water partition coefficient (Wildman–Crippen LogP) is 0.836. The first kappa shape index (κ1) is 10.3. The number of rotatable bonds is 2. The van der Waals surface area contributed by atoms with Gasteiger partial charge in [-0.05, 0) is 11.6 Å². The smallest absolute Gasteiger partial charge is 0.272 e. The van der Waals surface area contributed by atoms with Crippen LogP contribution < -0.4 is 5.56 Å². The van der Waals surface area contributed by atoms with Crippen LogP contribution in [-0.4, -0.2) is 28.5 Å². The molecule has 1 fully saturated rings. The van der Waals surface area contributed by atoms with E-state index in [1.807, 2.05) is 0 Å². The summed E-state index contributed by atoms with van der Waals surface area (Å²) in [6.07, 6.45) is 1.65. The van der Waals surface area contributed by atoms with Crippen LogP contribution in [0.2, 0.25) is 0 Å². The third-order valence-corrected chi connectivity index (χ3v) is 2.48. The second kappa shape index (κ2) is 3.41. The lowest BCUT2D eigenvalue weighted by molar-refractivity contribution is -0.133. The average Bonchev–Trinajstić information content (AvgIpc) is 2.08. The highest BCUT2D eigenvalue weighted by atomic mass is 19.3. The summed E-state index contributed by atoms with van der Waals surface area (Å²) >= 11 is 0. The molecule has 2 rings (SSSR count). The van der Waals surface area contributed by atoms with Gasteiger partial charge < -0.3 is 4.57 Å². The van der Waals surface area contributed by atoms with Gasteiger partial charge in [-0.1, -0.05) is 0 Å². The summed E-state index contributed by atoms with van der Waals surface area (Å²) in [6.45, 7) is 0.0100. The SMILES string of the molecule is Cn1ccc(CN2CC(F)(F)C2)cc1=O. The van der Waals surface area contributed by atoms with Crippen molar-refractivity contribution >= 4 is 0 Å². The molecular weight excluding hydrogens is 202 g/mol. The van der Waals surface area contributed by atoms with E-state index in [2.05, 4.69) is 0 Å². The van der Waals surface area contributed by atoms with Crippen LogP contribution in [0, 0.1) is 0 Å². The third-order valence-electron chi connectivity index (χ3n) is 2.48. The van der Waals surface area contributed by atoms with Gasteiger partial charge in [-0.2, -0.15) is 0 Å². The summed E-state index contributed by atoms with van der Waals surface area (Å²) in [5.41, 5.74) is 0.674. The molecule has 1 saturated heterocycles. The summed E-state index contributed by atoms with van der Waals surface area (Å²) in [5.74, 6) is -2.54. The highest BCUT2D eigenvalue weighted by Gasteiger charge is 2.43. The Morgan fingerprint density at radius 1 is 1.47 bits per heavy atom. The second-order valence-electron chi connectivity index (χ2n) is 3.99. The largest absolute Gasteiger partial charge is 0.319 e. The van der Waals surface area contributed by atoms with Crippen molar-refractivity contribution in [3.8, 4) is 0 Å². The monoisotopic (exact) mass is 214 g/mol. The Morgan fingerprint density at radius 2 is 2.13 bits per heavy atom. The minimum atomic E-state index is -2.54. The summed E-state index contributed by atoms with van der Waals surface area (Å²) in [6, 6.07) is 3.26. The number of alkyl halides is 2. The molecule has 0 amide bonds. The second-order valence-corrected chi connectivity index (χ2v) is 3.99. The van der Waals surface area contributed by atoms with Crippen LogP contribution in [0.5, 0.6) is 0 Å². The van der Waals surface area contributed by atoms with Crippen molar-refractivity contribution in [3.05, 3.63) is 34.2 Å². The molecule has 0 unspecified atom stereocenters. The molecule has 0 aliphatic carbocycles. The lowest BCUT2D eigenvalue weighted by atomic mass is 10.1. The Kier molecular flexibility index (Phi) is 2.34. The van der Waals surface area contributed by atoms with E-state index in [0.29, 0.717) is 6.54 Å². The van der Waals surface area contributed by atoms with Gasteiger partial charge in [0.1, 0.15) is 0 Å². The van der Waals surface area contributed by atoms with Crippen molar-refractivity contribution in [2.24, 2.45) is 7.05 Å². The van der Waals surface area contributed by atoms with Crippen LogP contribution in [0.1, 0.15) is 5.56 Å². The van der Waals surface area contributed by atoms with Crippen molar-refractivity contribution in [1.29, 1.82) is 0 Å². The highest BCUT2D eigenvalue weighted by molar-refractivity contribution is 5.11. The van der Waals surface area contributed by atoms with Crippen molar-refractivity contribution in [2.45, 2.75) is 12.5 Å². The van der Waals surface area contributed by atoms with Crippen molar-refractivity contribution in [1.82, 2.24) is 9.47 Å². The number of aryl methyl sites for hydroxylation is 1. The molecule has 15 heavy (non-hydrogen) atoms. The fourth-order valence-corrected chi connectivity index (χ4v) is 1.67. The number of halogens is 2. The number of hydrogen-bond acceptors (Lipinski definition) is 2. The number of hydrogen-bond donors (Lipinski definition) is 0. The first-order chi connectivity index (χ1) is 6.96. The quantitative estimate of drug-likeness (QED) is 0.728. The minimum Gasteiger partial charge on any atom is -0.319 e. The topological polar surface area (TPSA) is 25.2 Å². The Balaban J connectivity index is 2.01. The number of nitrogens with zero attached hydrogens (tertiary/aromatic N) is 2. The summed E-state index contributed by atoms with van der Waals surface area (Å²) in [5, 5.41) is 0. The molecule has 2 heterocycles. The molecule has 1 aromatic rings. The molecule has 0 atom stereocenters. The van der Waals surface area contributed by atoms with Crippen molar-refractivity contribution < 1.29 is 8.78 Å². The molecule has 1 aromatic heterocycles. The maximum atomic E-state index is 12.5. The number of pyridine rings is 1. The van der Waals surface area contributed by atoms with Gasteiger partial charge in [-0.15, -0.1) is 0 Å². The van der Waals surface area contributed by atoms with Crippen molar-refractivity contribution in [3.63, 3.8) is 0 Å². The number of aromatic nitrogens is 1. The van der Waals surface area contributed by atoms with E-state index in [1.54, 1.807) is 24.2 Å². The predicted molar refractivity (Wildman–Crippen MR) is 51.9 cm³/mol. The molecule has 0 spiro atoms. The van der Waals surface area contributed by atoms with Crippen molar-refractivity contribution in [2.75, 3.05) is 13.1 Å². The third kappa shape index (κ3) is 2.23. The Morgan fingerprint density at radius 3 is 2.67 bits per heavy atom. The zero-order chi connectivity index (χ0) is 11.1. The molecular formula is C10H12F2N2O. The van der Waals surface area contributed by atoms with E-state index in [4.69, 9.17) is 0 Å². The lowest BCUT2D eigenvalue weighted by Gasteiger charge is -2.38. The van der Waals surface area contributed by atoms with Gasteiger partial charge in [0, 0.05) is 25.9 Å². The van der Waals surface area contributed by atoms with Crippen LogP contribution in [0.3, 0.4) is 0 Å². The van der Waals surface area contributed by atoms with Gasteiger partial charge in [-0.25, -0.2) is 8.78 Å². The summed E-state index contributed by atoms with van der Waals surface area (Å²) in [4.78, 5) is 12.9. The van der Waals surface area contributed by atoms with E-state index >= 15 is 0 Å². The van der Waals surface area contributed by atoms with Crippen LogP contribution >= 0.6 is 0 Å². The van der Waals surface area contributed by atoms with Gasteiger partial charge in [0.2, 0.25) is 0 Å². The average molecular weight is 214 g/mol. The lowest BCUT2D eigenvalue weighted by Crippen LogP contribution is -2.55. The molecule has 0 saturated carbocycles. The fraction of sp³-hybridized carbons (Fsp3) is 0.500.